The molecule has 0 aliphatic carbocycles. The Bertz CT molecular complexity index is 1030. The zero-order valence-corrected chi connectivity index (χ0v) is 18.4. The lowest BCUT2D eigenvalue weighted by atomic mass is 10.1. The molecule has 0 atom stereocenters. The standard InChI is InChI=1S/C25H26N2O3S/c1-19-4-2-5-21(16-19)18-27(25(29)23-6-3-15-31-23)22-9-7-20(8-10-22)17-24(28)26-11-13-30-14-12-26/h2-10,15-16H,11-14,17-18H2,1H3. The quantitative estimate of drug-likeness (QED) is 0.581. The van der Waals surface area contributed by atoms with Crippen LogP contribution in [0.25, 0.3) is 0 Å². The number of carbonyl (C=O) groups excluding carboxylic acids is 2. The molecule has 2 heterocycles. The first-order valence-electron chi connectivity index (χ1n) is 10.5. The van der Waals surface area contributed by atoms with Crippen LogP contribution in [0.5, 0.6) is 0 Å². The highest BCUT2D eigenvalue weighted by molar-refractivity contribution is 7.12. The summed E-state index contributed by atoms with van der Waals surface area (Å²) >= 11 is 1.44. The van der Waals surface area contributed by atoms with E-state index in [0.717, 1.165) is 22.4 Å². The largest absolute Gasteiger partial charge is 0.378 e. The van der Waals surface area contributed by atoms with Gasteiger partial charge in [0.25, 0.3) is 5.91 Å². The molecule has 1 aliphatic heterocycles. The van der Waals surface area contributed by atoms with E-state index in [2.05, 4.69) is 19.1 Å². The van der Waals surface area contributed by atoms with E-state index >= 15 is 0 Å². The second kappa shape index (κ2) is 9.90. The van der Waals surface area contributed by atoms with Crippen molar-refractivity contribution >= 4 is 28.8 Å². The molecule has 3 aromatic rings. The summed E-state index contributed by atoms with van der Waals surface area (Å²) in [5, 5.41) is 1.92. The molecule has 0 saturated carbocycles. The van der Waals surface area contributed by atoms with Gasteiger partial charge in [0.05, 0.1) is 31.1 Å². The number of nitrogens with zero attached hydrogens (tertiary/aromatic N) is 2. The van der Waals surface area contributed by atoms with Gasteiger partial charge in [0.1, 0.15) is 0 Å². The third-order valence-corrected chi connectivity index (χ3v) is 6.23. The van der Waals surface area contributed by atoms with Crippen LogP contribution in [0.15, 0.2) is 66.0 Å². The van der Waals surface area contributed by atoms with Crippen LogP contribution in [0.4, 0.5) is 5.69 Å². The Hall–Kier alpha value is -2.96. The van der Waals surface area contributed by atoms with Crippen LogP contribution >= 0.6 is 11.3 Å². The van der Waals surface area contributed by atoms with Gasteiger partial charge in [-0.15, -0.1) is 11.3 Å². The van der Waals surface area contributed by atoms with Crippen molar-refractivity contribution in [3.05, 3.63) is 87.6 Å². The zero-order valence-electron chi connectivity index (χ0n) is 17.6. The molecular formula is C25H26N2O3S. The molecule has 0 bridgehead atoms. The first kappa shape index (κ1) is 21.3. The maximum Gasteiger partial charge on any atom is 0.268 e. The Labute approximate surface area is 186 Å². The fourth-order valence-electron chi connectivity index (χ4n) is 3.70. The molecule has 0 N–H and O–H groups in total. The molecule has 6 heteroatoms. The van der Waals surface area contributed by atoms with Crippen LogP contribution in [0.3, 0.4) is 0 Å². The van der Waals surface area contributed by atoms with Crippen molar-refractivity contribution in [1.82, 2.24) is 4.90 Å². The topological polar surface area (TPSA) is 49.9 Å². The van der Waals surface area contributed by atoms with Gasteiger partial charge in [-0.2, -0.15) is 0 Å². The number of morpholine rings is 1. The fourth-order valence-corrected chi connectivity index (χ4v) is 4.37. The van der Waals surface area contributed by atoms with Gasteiger partial charge in [0.15, 0.2) is 0 Å². The molecule has 31 heavy (non-hydrogen) atoms. The number of ether oxygens (including phenoxy) is 1. The minimum absolute atomic E-state index is 0.0198. The third-order valence-electron chi connectivity index (χ3n) is 5.37. The fraction of sp³-hybridized carbons (Fsp3) is 0.280. The van der Waals surface area contributed by atoms with E-state index in [1.165, 1.54) is 11.3 Å². The molecule has 0 radical (unpaired) electrons. The maximum atomic E-state index is 13.2. The van der Waals surface area contributed by atoms with Crippen molar-refractivity contribution in [2.75, 3.05) is 31.2 Å². The number of hydrogen-bond acceptors (Lipinski definition) is 4. The lowest BCUT2D eigenvalue weighted by Gasteiger charge is -2.27. The molecule has 5 nitrogen and oxygen atoms in total. The molecule has 1 fully saturated rings. The molecular weight excluding hydrogens is 408 g/mol. The Morgan fingerprint density at radius 1 is 1.00 bits per heavy atom. The number of aryl methyl sites for hydroxylation is 1. The Kier molecular flexibility index (Phi) is 6.79. The first-order valence-corrected chi connectivity index (χ1v) is 11.3. The zero-order chi connectivity index (χ0) is 21.6. The van der Waals surface area contributed by atoms with Gasteiger partial charge in [0.2, 0.25) is 5.91 Å². The second-order valence-electron chi connectivity index (χ2n) is 7.69. The summed E-state index contributed by atoms with van der Waals surface area (Å²) in [6.45, 7) is 5.04. The van der Waals surface area contributed by atoms with E-state index in [9.17, 15) is 9.59 Å². The van der Waals surface area contributed by atoms with Gasteiger partial charge >= 0.3 is 0 Å². The predicted octanol–water partition coefficient (Wildman–Crippen LogP) is 4.30. The lowest BCUT2D eigenvalue weighted by Crippen LogP contribution is -2.41. The molecule has 160 valence electrons. The van der Waals surface area contributed by atoms with E-state index in [1.807, 2.05) is 58.8 Å². The molecule has 1 aliphatic rings. The third kappa shape index (κ3) is 5.40. The van der Waals surface area contributed by atoms with Gasteiger partial charge in [-0.1, -0.05) is 48.0 Å². The van der Waals surface area contributed by atoms with Crippen molar-refractivity contribution in [3.8, 4) is 0 Å². The summed E-state index contributed by atoms with van der Waals surface area (Å²) in [5.41, 5.74) is 4.01. The monoisotopic (exact) mass is 434 g/mol. The Morgan fingerprint density at radius 3 is 2.45 bits per heavy atom. The first-order chi connectivity index (χ1) is 15.1. The Balaban J connectivity index is 1.53. The number of hydrogen-bond donors (Lipinski definition) is 0. The van der Waals surface area contributed by atoms with Crippen LogP contribution in [0.1, 0.15) is 26.4 Å². The summed E-state index contributed by atoms with van der Waals surface area (Å²) in [6, 6.07) is 19.7. The van der Waals surface area contributed by atoms with E-state index in [1.54, 1.807) is 4.90 Å². The normalized spacial score (nSPS) is 13.8. The number of amides is 2. The highest BCUT2D eigenvalue weighted by Gasteiger charge is 2.20. The highest BCUT2D eigenvalue weighted by atomic mass is 32.1. The maximum absolute atomic E-state index is 13.2. The summed E-state index contributed by atoms with van der Waals surface area (Å²) < 4.78 is 5.32. The molecule has 0 unspecified atom stereocenters. The van der Waals surface area contributed by atoms with E-state index in [-0.39, 0.29) is 11.8 Å². The number of benzene rings is 2. The minimum Gasteiger partial charge on any atom is -0.378 e. The van der Waals surface area contributed by atoms with Gasteiger partial charge in [-0.3, -0.25) is 9.59 Å². The van der Waals surface area contributed by atoms with Crippen LogP contribution in [-0.2, 0) is 22.5 Å². The summed E-state index contributed by atoms with van der Waals surface area (Å²) in [6.07, 6.45) is 0.358. The molecule has 2 aromatic carbocycles. The molecule has 4 rings (SSSR count). The number of rotatable bonds is 6. The molecule has 1 aromatic heterocycles. The SMILES string of the molecule is Cc1cccc(CN(C(=O)c2cccs2)c2ccc(CC(=O)N3CCOCC3)cc2)c1. The van der Waals surface area contributed by atoms with Crippen molar-refractivity contribution in [2.45, 2.75) is 19.9 Å². The molecule has 1 saturated heterocycles. The minimum atomic E-state index is -0.0198. The molecule has 0 spiro atoms. The predicted molar refractivity (Wildman–Crippen MR) is 124 cm³/mol. The average Bonchev–Trinajstić information content (AvgIpc) is 3.33. The number of carbonyl (C=O) groups is 2. The van der Waals surface area contributed by atoms with Gasteiger partial charge < -0.3 is 14.5 Å². The second-order valence-corrected chi connectivity index (χ2v) is 8.64. The van der Waals surface area contributed by atoms with Gasteiger partial charge in [-0.25, -0.2) is 0 Å². The summed E-state index contributed by atoms with van der Waals surface area (Å²) in [5.74, 6) is 0.0935. The van der Waals surface area contributed by atoms with Crippen LogP contribution < -0.4 is 4.90 Å². The van der Waals surface area contributed by atoms with Crippen LogP contribution in [0.2, 0.25) is 0 Å². The lowest BCUT2D eigenvalue weighted by molar-refractivity contribution is -0.134. The summed E-state index contributed by atoms with van der Waals surface area (Å²) in [4.78, 5) is 30.1. The molecule has 2 amide bonds. The summed E-state index contributed by atoms with van der Waals surface area (Å²) in [7, 11) is 0. The smallest absolute Gasteiger partial charge is 0.268 e. The van der Waals surface area contributed by atoms with Crippen molar-refractivity contribution < 1.29 is 14.3 Å². The average molecular weight is 435 g/mol. The van der Waals surface area contributed by atoms with E-state index < -0.39 is 0 Å². The van der Waals surface area contributed by atoms with Crippen LogP contribution in [-0.4, -0.2) is 43.0 Å². The number of thiophene rings is 1. The van der Waals surface area contributed by atoms with E-state index in [4.69, 9.17) is 4.74 Å². The number of anilines is 1. The van der Waals surface area contributed by atoms with Crippen molar-refractivity contribution in [2.24, 2.45) is 0 Å². The van der Waals surface area contributed by atoms with Crippen molar-refractivity contribution in [3.63, 3.8) is 0 Å². The van der Waals surface area contributed by atoms with Crippen LogP contribution in [0, 0.1) is 6.92 Å². The van der Waals surface area contributed by atoms with E-state index in [0.29, 0.717) is 44.1 Å². The van der Waals surface area contributed by atoms with Gasteiger partial charge in [-0.05, 0) is 41.6 Å². The van der Waals surface area contributed by atoms with Crippen molar-refractivity contribution in [1.29, 1.82) is 0 Å². The van der Waals surface area contributed by atoms with Gasteiger partial charge in [0, 0.05) is 18.8 Å². The Morgan fingerprint density at radius 2 is 1.77 bits per heavy atom. The highest BCUT2D eigenvalue weighted by Crippen LogP contribution is 2.23.